The summed E-state index contributed by atoms with van der Waals surface area (Å²) in [4.78, 5) is 7.78. The van der Waals surface area contributed by atoms with E-state index in [9.17, 15) is 4.39 Å². The van der Waals surface area contributed by atoms with Crippen molar-refractivity contribution in [3.63, 3.8) is 0 Å². The van der Waals surface area contributed by atoms with Crippen molar-refractivity contribution in [3.8, 4) is 0 Å². The Morgan fingerprint density at radius 3 is 2.50 bits per heavy atom. The Morgan fingerprint density at radius 2 is 1.81 bits per heavy atom. The van der Waals surface area contributed by atoms with E-state index < -0.39 is 0 Å². The molecule has 0 N–H and O–H groups in total. The molecule has 2 nitrogen and oxygen atoms in total. The van der Waals surface area contributed by atoms with E-state index in [1.54, 1.807) is 30.5 Å². The fourth-order valence-electron chi connectivity index (χ4n) is 1.20. The SMILES string of the molecule is Fc1ccc(/C=C/c2ccnc(Cl)n2)cc1. The number of rotatable bonds is 2. The second kappa shape index (κ2) is 4.86. The third kappa shape index (κ3) is 2.87. The monoisotopic (exact) mass is 234 g/mol. The standard InChI is InChI=1S/C12H8ClFN2/c13-12-15-8-7-11(16-12)6-3-9-1-4-10(14)5-2-9/h1-8H/b6-3+. The molecule has 0 aliphatic carbocycles. The topological polar surface area (TPSA) is 25.8 Å². The van der Waals surface area contributed by atoms with Crippen molar-refractivity contribution in [1.29, 1.82) is 0 Å². The van der Waals surface area contributed by atoms with Gasteiger partial charge in [-0.25, -0.2) is 14.4 Å². The lowest BCUT2D eigenvalue weighted by Gasteiger charge is -1.94. The van der Waals surface area contributed by atoms with Gasteiger partial charge in [0.15, 0.2) is 0 Å². The minimum Gasteiger partial charge on any atom is -0.226 e. The molecule has 4 heteroatoms. The molecule has 2 aromatic rings. The minimum atomic E-state index is -0.248. The minimum absolute atomic E-state index is 0.209. The first-order valence-corrected chi connectivity index (χ1v) is 5.04. The van der Waals surface area contributed by atoms with E-state index in [0.717, 1.165) is 5.56 Å². The molecule has 0 bridgehead atoms. The average Bonchev–Trinajstić information content (AvgIpc) is 2.28. The van der Waals surface area contributed by atoms with Gasteiger partial charge in [0, 0.05) is 6.20 Å². The van der Waals surface area contributed by atoms with E-state index in [1.165, 1.54) is 12.1 Å². The molecule has 16 heavy (non-hydrogen) atoms. The smallest absolute Gasteiger partial charge is 0.222 e. The molecule has 0 amide bonds. The summed E-state index contributed by atoms with van der Waals surface area (Å²) in [5.74, 6) is -0.248. The van der Waals surface area contributed by atoms with Crippen LogP contribution in [0.3, 0.4) is 0 Å². The van der Waals surface area contributed by atoms with E-state index >= 15 is 0 Å². The summed E-state index contributed by atoms with van der Waals surface area (Å²) < 4.78 is 12.6. The molecule has 80 valence electrons. The van der Waals surface area contributed by atoms with E-state index in [0.29, 0.717) is 5.69 Å². The van der Waals surface area contributed by atoms with E-state index in [1.807, 2.05) is 6.08 Å². The highest BCUT2D eigenvalue weighted by Gasteiger charge is 1.92. The summed E-state index contributed by atoms with van der Waals surface area (Å²) in [6.45, 7) is 0. The maximum atomic E-state index is 12.6. The van der Waals surface area contributed by atoms with Crippen molar-refractivity contribution in [2.24, 2.45) is 0 Å². The molecule has 0 fully saturated rings. The van der Waals surface area contributed by atoms with Gasteiger partial charge >= 0.3 is 0 Å². The third-order valence-electron chi connectivity index (χ3n) is 1.96. The largest absolute Gasteiger partial charge is 0.226 e. The Hall–Kier alpha value is -1.74. The molecule has 0 unspecified atom stereocenters. The molecule has 2 rings (SSSR count). The van der Waals surface area contributed by atoms with Crippen molar-refractivity contribution in [2.75, 3.05) is 0 Å². The fourth-order valence-corrected chi connectivity index (χ4v) is 1.35. The normalized spacial score (nSPS) is 10.9. The van der Waals surface area contributed by atoms with Crippen molar-refractivity contribution < 1.29 is 4.39 Å². The highest BCUT2D eigenvalue weighted by molar-refractivity contribution is 6.28. The summed E-state index contributed by atoms with van der Waals surface area (Å²) in [7, 11) is 0. The average molecular weight is 235 g/mol. The lowest BCUT2D eigenvalue weighted by Crippen LogP contribution is -1.83. The van der Waals surface area contributed by atoms with Gasteiger partial charge in [0.05, 0.1) is 5.69 Å². The van der Waals surface area contributed by atoms with Crippen LogP contribution in [0.15, 0.2) is 36.5 Å². The van der Waals surface area contributed by atoms with Crippen LogP contribution in [0.5, 0.6) is 0 Å². The van der Waals surface area contributed by atoms with Gasteiger partial charge in [-0.3, -0.25) is 0 Å². The lowest BCUT2D eigenvalue weighted by atomic mass is 10.2. The van der Waals surface area contributed by atoms with Gasteiger partial charge in [0.1, 0.15) is 5.82 Å². The second-order valence-corrected chi connectivity index (χ2v) is 3.47. The number of benzene rings is 1. The van der Waals surface area contributed by atoms with Gasteiger partial charge in [-0.05, 0) is 41.4 Å². The Labute approximate surface area is 97.4 Å². The lowest BCUT2D eigenvalue weighted by molar-refractivity contribution is 0.628. The van der Waals surface area contributed by atoms with Crippen LogP contribution in [0.25, 0.3) is 12.2 Å². The molecule has 0 radical (unpaired) electrons. The summed E-state index contributed by atoms with van der Waals surface area (Å²) in [6, 6.07) is 7.94. The molecule has 0 aliphatic heterocycles. The van der Waals surface area contributed by atoms with Crippen LogP contribution in [0.2, 0.25) is 5.28 Å². The maximum Gasteiger partial charge on any atom is 0.222 e. The summed E-state index contributed by atoms with van der Waals surface area (Å²) >= 11 is 5.64. The summed E-state index contributed by atoms with van der Waals surface area (Å²) in [6.07, 6.45) is 5.21. The molecule has 1 aromatic heterocycles. The molecule has 1 heterocycles. The fraction of sp³-hybridized carbons (Fsp3) is 0. The van der Waals surface area contributed by atoms with Crippen LogP contribution >= 0.6 is 11.6 Å². The van der Waals surface area contributed by atoms with Crippen molar-refractivity contribution >= 4 is 23.8 Å². The van der Waals surface area contributed by atoms with Gasteiger partial charge in [-0.2, -0.15) is 0 Å². The van der Waals surface area contributed by atoms with Gasteiger partial charge < -0.3 is 0 Å². The Bertz CT molecular complexity index is 509. The molecule has 0 spiro atoms. The third-order valence-corrected chi connectivity index (χ3v) is 2.15. The number of nitrogens with zero attached hydrogens (tertiary/aromatic N) is 2. The van der Waals surface area contributed by atoms with Crippen LogP contribution in [0.1, 0.15) is 11.3 Å². The Kier molecular flexibility index (Phi) is 3.27. The molecule has 0 atom stereocenters. The van der Waals surface area contributed by atoms with Crippen LogP contribution in [-0.4, -0.2) is 9.97 Å². The predicted molar refractivity (Wildman–Crippen MR) is 62.4 cm³/mol. The summed E-state index contributed by atoms with van der Waals surface area (Å²) in [5.41, 5.74) is 1.61. The number of hydrogen-bond acceptors (Lipinski definition) is 2. The Balaban J connectivity index is 2.18. The molecule has 0 aliphatic rings. The highest BCUT2D eigenvalue weighted by atomic mass is 35.5. The zero-order chi connectivity index (χ0) is 11.4. The first kappa shape index (κ1) is 10.8. The highest BCUT2D eigenvalue weighted by Crippen LogP contribution is 2.08. The summed E-state index contributed by atoms with van der Waals surface area (Å²) in [5, 5.41) is 0.209. The van der Waals surface area contributed by atoms with Crippen molar-refractivity contribution in [3.05, 3.63) is 58.9 Å². The van der Waals surface area contributed by atoms with Crippen molar-refractivity contribution in [1.82, 2.24) is 9.97 Å². The zero-order valence-electron chi connectivity index (χ0n) is 8.27. The maximum absolute atomic E-state index is 12.6. The first-order chi connectivity index (χ1) is 7.74. The van der Waals surface area contributed by atoms with E-state index in [2.05, 4.69) is 9.97 Å². The molecular weight excluding hydrogens is 227 g/mol. The second-order valence-electron chi connectivity index (χ2n) is 3.14. The van der Waals surface area contributed by atoms with Gasteiger partial charge in [0.2, 0.25) is 5.28 Å². The molecule has 1 aromatic carbocycles. The van der Waals surface area contributed by atoms with Gasteiger partial charge in [-0.1, -0.05) is 18.2 Å². The molecular formula is C12H8ClFN2. The Morgan fingerprint density at radius 1 is 1.06 bits per heavy atom. The van der Waals surface area contributed by atoms with Crippen LogP contribution in [-0.2, 0) is 0 Å². The first-order valence-electron chi connectivity index (χ1n) is 4.66. The van der Waals surface area contributed by atoms with Crippen LogP contribution in [0, 0.1) is 5.82 Å². The van der Waals surface area contributed by atoms with E-state index in [4.69, 9.17) is 11.6 Å². The number of hydrogen-bond donors (Lipinski definition) is 0. The van der Waals surface area contributed by atoms with Gasteiger partial charge in [-0.15, -0.1) is 0 Å². The van der Waals surface area contributed by atoms with Crippen LogP contribution < -0.4 is 0 Å². The van der Waals surface area contributed by atoms with Gasteiger partial charge in [0.25, 0.3) is 0 Å². The predicted octanol–water partition coefficient (Wildman–Crippen LogP) is 3.44. The zero-order valence-corrected chi connectivity index (χ0v) is 9.03. The molecule has 0 saturated heterocycles. The van der Waals surface area contributed by atoms with Crippen LogP contribution in [0.4, 0.5) is 4.39 Å². The molecule has 0 saturated carbocycles. The van der Waals surface area contributed by atoms with Crippen molar-refractivity contribution in [2.45, 2.75) is 0 Å². The number of aromatic nitrogens is 2. The quantitative estimate of drug-likeness (QED) is 0.744. The van der Waals surface area contributed by atoms with E-state index in [-0.39, 0.29) is 11.1 Å². The number of halogens is 2.